The van der Waals surface area contributed by atoms with Gasteiger partial charge in [0, 0.05) is 32.2 Å². The van der Waals surface area contributed by atoms with Crippen LogP contribution in [-0.2, 0) is 14.3 Å². The van der Waals surface area contributed by atoms with E-state index in [1.165, 1.54) is 11.8 Å². The molecule has 0 bridgehead atoms. The maximum atomic E-state index is 12.3. The van der Waals surface area contributed by atoms with Gasteiger partial charge in [0.1, 0.15) is 0 Å². The summed E-state index contributed by atoms with van der Waals surface area (Å²) >= 11 is 0. The van der Waals surface area contributed by atoms with E-state index in [1.54, 1.807) is 19.1 Å². The highest BCUT2D eigenvalue weighted by Gasteiger charge is 2.15. The molecule has 0 saturated carbocycles. The summed E-state index contributed by atoms with van der Waals surface area (Å²) < 4.78 is 4.87. The molecule has 3 amide bonds. The van der Waals surface area contributed by atoms with Gasteiger partial charge in [-0.3, -0.25) is 9.59 Å². The van der Waals surface area contributed by atoms with Gasteiger partial charge in [-0.25, -0.2) is 4.79 Å². The van der Waals surface area contributed by atoms with Crippen molar-refractivity contribution in [2.45, 2.75) is 20.3 Å². The number of rotatable bonds is 8. The summed E-state index contributed by atoms with van der Waals surface area (Å²) in [5.74, 6) is -0.525. The van der Waals surface area contributed by atoms with Crippen molar-refractivity contribution in [3.8, 4) is 0 Å². The monoisotopic (exact) mass is 321 g/mol. The topological polar surface area (TPSA) is 87.7 Å². The smallest absolute Gasteiger partial charge is 0.321 e. The van der Waals surface area contributed by atoms with E-state index in [0.29, 0.717) is 25.4 Å². The number of carbonyl (C=O) groups excluding carboxylic acids is 3. The molecule has 0 aliphatic heterocycles. The minimum Gasteiger partial charge on any atom is -0.466 e. The number of nitrogens with one attached hydrogen (secondary N) is 2. The molecule has 0 unspecified atom stereocenters. The Morgan fingerprint density at radius 3 is 2.43 bits per heavy atom. The van der Waals surface area contributed by atoms with E-state index >= 15 is 0 Å². The maximum absolute atomic E-state index is 12.3. The molecule has 2 N–H and O–H groups in total. The SMILES string of the molecule is CCOC(=O)CCN(CCNC(C)=O)C(=O)Nc1ccccc1. The molecule has 0 radical (unpaired) electrons. The number of nitrogens with zero attached hydrogens (tertiary/aromatic N) is 1. The van der Waals surface area contributed by atoms with Crippen molar-refractivity contribution in [1.82, 2.24) is 10.2 Å². The first kappa shape index (κ1) is 18.5. The molecule has 0 heterocycles. The zero-order valence-corrected chi connectivity index (χ0v) is 13.5. The van der Waals surface area contributed by atoms with Crippen LogP contribution in [-0.4, -0.2) is 49.0 Å². The van der Waals surface area contributed by atoms with Crippen LogP contribution in [0.3, 0.4) is 0 Å². The Labute approximate surface area is 136 Å². The second-order valence-corrected chi connectivity index (χ2v) is 4.82. The molecule has 1 aromatic rings. The molecule has 7 heteroatoms. The Morgan fingerprint density at radius 1 is 1.13 bits per heavy atom. The Bertz CT molecular complexity index is 519. The molecule has 0 aliphatic carbocycles. The number of benzene rings is 1. The van der Waals surface area contributed by atoms with Crippen molar-refractivity contribution in [2.75, 3.05) is 31.6 Å². The van der Waals surface area contributed by atoms with Crippen molar-refractivity contribution in [3.05, 3.63) is 30.3 Å². The molecular formula is C16H23N3O4. The second-order valence-electron chi connectivity index (χ2n) is 4.82. The van der Waals surface area contributed by atoms with Gasteiger partial charge in [0.05, 0.1) is 13.0 Å². The van der Waals surface area contributed by atoms with Crippen LogP contribution < -0.4 is 10.6 Å². The molecular weight excluding hydrogens is 298 g/mol. The van der Waals surface area contributed by atoms with Gasteiger partial charge >= 0.3 is 12.0 Å². The predicted octanol–water partition coefficient (Wildman–Crippen LogP) is 1.61. The molecule has 1 aromatic carbocycles. The van der Waals surface area contributed by atoms with Crippen molar-refractivity contribution >= 4 is 23.6 Å². The first-order valence-electron chi connectivity index (χ1n) is 7.54. The van der Waals surface area contributed by atoms with Gasteiger partial charge in [-0.15, -0.1) is 0 Å². The number of anilines is 1. The molecule has 0 saturated heterocycles. The van der Waals surface area contributed by atoms with Crippen LogP contribution in [0.15, 0.2) is 30.3 Å². The van der Waals surface area contributed by atoms with Gasteiger partial charge in [0.2, 0.25) is 5.91 Å². The molecule has 0 aliphatic rings. The number of esters is 1. The fraction of sp³-hybridized carbons (Fsp3) is 0.438. The van der Waals surface area contributed by atoms with Crippen molar-refractivity contribution in [2.24, 2.45) is 0 Å². The fourth-order valence-corrected chi connectivity index (χ4v) is 1.87. The Balaban J connectivity index is 2.58. The first-order valence-corrected chi connectivity index (χ1v) is 7.54. The Morgan fingerprint density at radius 2 is 1.83 bits per heavy atom. The second kappa shape index (κ2) is 10.2. The number of urea groups is 1. The number of para-hydroxylation sites is 1. The summed E-state index contributed by atoms with van der Waals surface area (Å²) in [7, 11) is 0. The summed E-state index contributed by atoms with van der Waals surface area (Å²) in [5, 5.41) is 5.39. The zero-order chi connectivity index (χ0) is 17.1. The van der Waals surface area contributed by atoms with Gasteiger partial charge in [-0.2, -0.15) is 0 Å². The van der Waals surface area contributed by atoms with Crippen molar-refractivity contribution < 1.29 is 19.1 Å². The highest BCUT2D eigenvalue weighted by molar-refractivity contribution is 5.89. The quantitative estimate of drug-likeness (QED) is 0.712. The van der Waals surface area contributed by atoms with Crippen LogP contribution in [0.25, 0.3) is 0 Å². The lowest BCUT2D eigenvalue weighted by atomic mass is 10.3. The summed E-state index contributed by atoms with van der Waals surface area (Å²) in [5.41, 5.74) is 0.665. The lowest BCUT2D eigenvalue weighted by Crippen LogP contribution is -2.41. The number of amides is 3. The Kier molecular flexibility index (Phi) is 8.20. The molecule has 0 aromatic heterocycles. The van der Waals surface area contributed by atoms with Crippen LogP contribution >= 0.6 is 0 Å². The molecule has 7 nitrogen and oxygen atoms in total. The average molecular weight is 321 g/mol. The summed E-state index contributed by atoms with van der Waals surface area (Å²) in [6, 6.07) is 8.70. The van der Waals surface area contributed by atoms with Crippen molar-refractivity contribution in [3.63, 3.8) is 0 Å². The average Bonchev–Trinajstić information content (AvgIpc) is 2.51. The normalized spacial score (nSPS) is 9.83. The third-order valence-corrected chi connectivity index (χ3v) is 2.96. The predicted molar refractivity (Wildman–Crippen MR) is 87.0 cm³/mol. The highest BCUT2D eigenvalue weighted by Crippen LogP contribution is 2.07. The van der Waals surface area contributed by atoms with Gasteiger partial charge in [-0.1, -0.05) is 18.2 Å². The van der Waals surface area contributed by atoms with E-state index in [4.69, 9.17) is 4.74 Å². The largest absolute Gasteiger partial charge is 0.466 e. The highest BCUT2D eigenvalue weighted by atomic mass is 16.5. The number of hydrogen-bond acceptors (Lipinski definition) is 4. The van der Waals surface area contributed by atoms with Crippen LogP contribution in [0.5, 0.6) is 0 Å². The van der Waals surface area contributed by atoms with Gasteiger partial charge in [0.25, 0.3) is 0 Å². The standard InChI is InChI=1S/C16H23N3O4/c1-3-23-15(21)9-11-19(12-10-17-13(2)20)16(22)18-14-7-5-4-6-8-14/h4-8H,3,9-12H2,1-2H3,(H,17,20)(H,18,22). The summed E-state index contributed by atoms with van der Waals surface area (Å²) in [6.07, 6.45) is 0.107. The third kappa shape index (κ3) is 7.85. The van der Waals surface area contributed by atoms with Crippen LogP contribution in [0, 0.1) is 0 Å². The van der Waals surface area contributed by atoms with E-state index in [-0.39, 0.29) is 30.9 Å². The van der Waals surface area contributed by atoms with Crippen molar-refractivity contribution in [1.29, 1.82) is 0 Å². The molecule has 0 atom stereocenters. The summed E-state index contributed by atoms with van der Waals surface area (Å²) in [4.78, 5) is 36.2. The summed E-state index contributed by atoms with van der Waals surface area (Å²) in [6.45, 7) is 4.29. The van der Waals surface area contributed by atoms with E-state index in [2.05, 4.69) is 10.6 Å². The van der Waals surface area contributed by atoms with Crippen LogP contribution in [0.4, 0.5) is 10.5 Å². The lowest BCUT2D eigenvalue weighted by Gasteiger charge is -2.23. The van der Waals surface area contributed by atoms with E-state index in [0.717, 1.165) is 0 Å². The van der Waals surface area contributed by atoms with E-state index in [9.17, 15) is 14.4 Å². The first-order chi connectivity index (χ1) is 11.0. The minimum atomic E-state index is -0.357. The van der Waals surface area contributed by atoms with E-state index < -0.39 is 0 Å². The zero-order valence-electron chi connectivity index (χ0n) is 13.5. The van der Waals surface area contributed by atoms with Crippen LogP contribution in [0.1, 0.15) is 20.3 Å². The van der Waals surface area contributed by atoms with E-state index in [1.807, 2.05) is 18.2 Å². The number of carbonyl (C=O) groups is 3. The number of ether oxygens (including phenoxy) is 1. The third-order valence-electron chi connectivity index (χ3n) is 2.96. The molecule has 0 fully saturated rings. The maximum Gasteiger partial charge on any atom is 0.321 e. The lowest BCUT2D eigenvalue weighted by molar-refractivity contribution is -0.143. The number of hydrogen-bond donors (Lipinski definition) is 2. The molecule has 23 heavy (non-hydrogen) atoms. The van der Waals surface area contributed by atoms with Gasteiger partial charge in [0.15, 0.2) is 0 Å². The Hall–Kier alpha value is -2.57. The molecule has 1 rings (SSSR count). The van der Waals surface area contributed by atoms with Crippen LogP contribution in [0.2, 0.25) is 0 Å². The molecule has 0 spiro atoms. The molecule has 126 valence electrons. The fourth-order valence-electron chi connectivity index (χ4n) is 1.87. The van der Waals surface area contributed by atoms with Gasteiger partial charge < -0.3 is 20.3 Å². The minimum absolute atomic E-state index is 0.107. The van der Waals surface area contributed by atoms with Gasteiger partial charge in [-0.05, 0) is 19.1 Å².